The van der Waals surface area contributed by atoms with Crippen LogP contribution in [0.5, 0.6) is 0 Å². The van der Waals surface area contributed by atoms with Crippen molar-refractivity contribution in [2.24, 2.45) is 5.73 Å². The number of alkyl halides is 3. The maximum Gasteiger partial charge on any atom is 0.416 e. The van der Waals surface area contributed by atoms with Gasteiger partial charge in [0.25, 0.3) is 0 Å². The van der Waals surface area contributed by atoms with Gasteiger partial charge < -0.3 is 11.1 Å². The molecular weight excluding hydrogens is 325 g/mol. The average Bonchev–Trinajstić information content (AvgIpc) is 2.27. The molecule has 0 aromatic heterocycles. The van der Waals surface area contributed by atoms with Crippen molar-refractivity contribution in [3.63, 3.8) is 0 Å². The predicted octanol–water partition coefficient (Wildman–Crippen LogP) is 2.76. The third-order valence-corrected chi connectivity index (χ3v) is 2.63. The molecule has 102 valence electrons. The lowest BCUT2D eigenvalue weighted by atomic mass is 10.1. The maximum atomic E-state index is 12.6. The number of terminal acetylenes is 1. The van der Waals surface area contributed by atoms with Crippen molar-refractivity contribution in [2.75, 3.05) is 5.32 Å². The van der Waals surface area contributed by atoms with E-state index in [0.29, 0.717) is 0 Å². The Bertz CT molecular complexity index is 523. The molecule has 0 heterocycles. The first kappa shape index (κ1) is 15.5. The summed E-state index contributed by atoms with van der Waals surface area (Å²) in [4.78, 5) is 11.5. The number of benzene rings is 1. The third kappa shape index (κ3) is 4.58. The van der Waals surface area contributed by atoms with Crippen LogP contribution in [-0.2, 0) is 11.0 Å². The number of halogens is 4. The van der Waals surface area contributed by atoms with Gasteiger partial charge in [-0.15, -0.1) is 12.3 Å². The summed E-state index contributed by atoms with van der Waals surface area (Å²) in [6.07, 6.45) is 0.510. The number of anilines is 1. The van der Waals surface area contributed by atoms with Crippen molar-refractivity contribution in [2.45, 2.75) is 18.6 Å². The van der Waals surface area contributed by atoms with Gasteiger partial charge in [-0.3, -0.25) is 4.79 Å². The quantitative estimate of drug-likeness (QED) is 0.835. The monoisotopic (exact) mass is 334 g/mol. The largest absolute Gasteiger partial charge is 0.416 e. The number of rotatable bonds is 3. The summed E-state index contributed by atoms with van der Waals surface area (Å²) in [6, 6.07) is 2.12. The summed E-state index contributed by atoms with van der Waals surface area (Å²) in [5, 5.41) is 2.29. The minimum atomic E-state index is -4.50. The van der Waals surface area contributed by atoms with Crippen LogP contribution in [0.2, 0.25) is 0 Å². The van der Waals surface area contributed by atoms with Gasteiger partial charge in [-0.05, 0) is 18.2 Å². The molecule has 0 fully saturated rings. The van der Waals surface area contributed by atoms with E-state index in [1.165, 1.54) is 6.07 Å². The average molecular weight is 335 g/mol. The van der Waals surface area contributed by atoms with Crippen LogP contribution in [0.15, 0.2) is 22.7 Å². The van der Waals surface area contributed by atoms with E-state index in [0.717, 1.165) is 12.1 Å². The van der Waals surface area contributed by atoms with Crippen LogP contribution < -0.4 is 11.1 Å². The lowest BCUT2D eigenvalue weighted by molar-refractivity contribution is -0.137. The number of hydrogen-bond acceptors (Lipinski definition) is 2. The minimum absolute atomic E-state index is 0.000767. The van der Waals surface area contributed by atoms with Crippen molar-refractivity contribution in [3.8, 4) is 12.3 Å². The van der Waals surface area contributed by atoms with Gasteiger partial charge in [0, 0.05) is 16.6 Å². The smallest absolute Gasteiger partial charge is 0.325 e. The van der Waals surface area contributed by atoms with Crippen molar-refractivity contribution in [1.29, 1.82) is 0 Å². The van der Waals surface area contributed by atoms with E-state index >= 15 is 0 Å². The highest BCUT2D eigenvalue weighted by atomic mass is 79.9. The first-order valence-electron chi connectivity index (χ1n) is 5.11. The van der Waals surface area contributed by atoms with E-state index in [-0.39, 0.29) is 16.6 Å². The molecule has 0 aliphatic rings. The van der Waals surface area contributed by atoms with Crippen LogP contribution in [-0.4, -0.2) is 11.9 Å². The summed E-state index contributed by atoms with van der Waals surface area (Å²) in [7, 11) is 0. The molecule has 1 amide bonds. The zero-order valence-corrected chi connectivity index (χ0v) is 11.2. The molecule has 19 heavy (non-hydrogen) atoms. The lowest BCUT2D eigenvalue weighted by Gasteiger charge is -2.13. The van der Waals surface area contributed by atoms with Crippen molar-refractivity contribution in [3.05, 3.63) is 28.2 Å². The van der Waals surface area contributed by atoms with Gasteiger partial charge in [-0.2, -0.15) is 13.2 Å². The SMILES string of the molecule is C#CCC(N)C(=O)Nc1cc(Br)cc(C(F)(F)F)c1. The second kappa shape index (κ2) is 6.08. The first-order chi connectivity index (χ1) is 8.74. The highest BCUT2D eigenvalue weighted by molar-refractivity contribution is 9.10. The molecule has 7 heteroatoms. The molecule has 1 atom stereocenters. The van der Waals surface area contributed by atoms with Gasteiger partial charge in [-0.1, -0.05) is 15.9 Å². The van der Waals surface area contributed by atoms with Crippen LogP contribution in [0, 0.1) is 12.3 Å². The fourth-order valence-corrected chi connectivity index (χ4v) is 1.77. The predicted molar refractivity (Wildman–Crippen MR) is 69.2 cm³/mol. The molecule has 0 aliphatic heterocycles. The zero-order chi connectivity index (χ0) is 14.6. The molecule has 3 N–H and O–H groups in total. The Labute approximate surface area is 116 Å². The summed E-state index contributed by atoms with van der Waals surface area (Å²) in [5.74, 6) is 1.57. The topological polar surface area (TPSA) is 55.1 Å². The van der Waals surface area contributed by atoms with Crippen molar-refractivity contribution < 1.29 is 18.0 Å². The first-order valence-corrected chi connectivity index (χ1v) is 5.91. The molecule has 1 aromatic rings. The number of nitrogens with one attached hydrogen (secondary N) is 1. The number of carbonyl (C=O) groups excluding carboxylic acids is 1. The molecule has 1 aromatic carbocycles. The molecule has 0 bridgehead atoms. The van der Waals surface area contributed by atoms with Gasteiger partial charge >= 0.3 is 6.18 Å². The normalized spacial score (nSPS) is 12.6. The van der Waals surface area contributed by atoms with Gasteiger partial charge in [0.1, 0.15) is 0 Å². The van der Waals surface area contributed by atoms with Crippen molar-refractivity contribution >= 4 is 27.5 Å². The van der Waals surface area contributed by atoms with Crippen LogP contribution in [0.25, 0.3) is 0 Å². The number of hydrogen-bond donors (Lipinski definition) is 2. The molecule has 1 unspecified atom stereocenters. The van der Waals surface area contributed by atoms with Crippen LogP contribution in [0.1, 0.15) is 12.0 Å². The highest BCUT2D eigenvalue weighted by Crippen LogP contribution is 2.33. The number of carbonyl (C=O) groups is 1. The maximum absolute atomic E-state index is 12.6. The van der Waals surface area contributed by atoms with E-state index in [4.69, 9.17) is 12.2 Å². The Hall–Kier alpha value is -1.52. The van der Waals surface area contributed by atoms with Crippen LogP contribution in [0.4, 0.5) is 18.9 Å². The standard InChI is InChI=1S/C12H10BrF3N2O/c1-2-3-10(17)11(19)18-9-5-7(12(14,15)16)4-8(13)6-9/h1,4-6,10H,3,17H2,(H,18,19). The molecule has 0 spiro atoms. The number of amides is 1. The minimum Gasteiger partial charge on any atom is -0.325 e. The van der Waals surface area contributed by atoms with Crippen molar-refractivity contribution in [1.82, 2.24) is 0 Å². The molecule has 3 nitrogen and oxygen atoms in total. The Balaban J connectivity index is 2.94. The fourth-order valence-electron chi connectivity index (χ4n) is 1.28. The second-order valence-corrected chi connectivity index (χ2v) is 4.65. The fraction of sp³-hybridized carbons (Fsp3) is 0.250. The third-order valence-electron chi connectivity index (χ3n) is 2.17. The lowest BCUT2D eigenvalue weighted by Crippen LogP contribution is -2.35. The molecule has 0 saturated heterocycles. The Morgan fingerprint density at radius 3 is 2.63 bits per heavy atom. The summed E-state index contributed by atoms with van der Waals surface area (Å²) in [5.41, 5.74) is 4.58. The van der Waals surface area contributed by atoms with E-state index in [1.54, 1.807) is 0 Å². The Morgan fingerprint density at radius 2 is 2.11 bits per heavy atom. The Morgan fingerprint density at radius 1 is 1.47 bits per heavy atom. The summed E-state index contributed by atoms with van der Waals surface area (Å²) in [6.45, 7) is 0. The van der Waals surface area contributed by atoms with Gasteiger partial charge in [-0.25, -0.2) is 0 Å². The van der Waals surface area contributed by atoms with Crippen LogP contribution >= 0.6 is 15.9 Å². The zero-order valence-electron chi connectivity index (χ0n) is 9.59. The summed E-state index contributed by atoms with van der Waals surface area (Å²) >= 11 is 2.95. The summed E-state index contributed by atoms with van der Waals surface area (Å²) < 4.78 is 37.9. The Kier molecular flexibility index (Phi) is 4.97. The molecule has 0 radical (unpaired) electrons. The van der Waals surface area contributed by atoms with E-state index in [2.05, 4.69) is 27.2 Å². The van der Waals surface area contributed by atoms with Crippen LogP contribution in [0.3, 0.4) is 0 Å². The van der Waals surface area contributed by atoms with E-state index in [1.807, 2.05) is 0 Å². The van der Waals surface area contributed by atoms with Gasteiger partial charge in [0.2, 0.25) is 5.91 Å². The molecule has 0 aliphatic carbocycles. The molecular formula is C12H10BrF3N2O. The molecule has 0 saturated carbocycles. The molecule has 1 rings (SSSR count). The van der Waals surface area contributed by atoms with Gasteiger partial charge in [0.15, 0.2) is 0 Å². The second-order valence-electron chi connectivity index (χ2n) is 3.73. The highest BCUT2D eigenvalue weighted by Gasteiger charge is 2.31. The number of nitrogens with two attached hydrogens (primary N) is 1. The van der Waals surface area contributed by atoms with Gasteiger partial charge in [0.05, 0.1) is 11.6 Å². The van der Waals surface area contributed by atoms with E-state index in [9.17, 15) is 18.0 Å². The van der Waals surface area contributed by atoms with E-state index < -0.39 is 23.7 Å².